The predicted octanol–water partition coefficient (Wildman–Crippen LogP) is -0.927. The Morgan fingerprint density at radius 3 is 2.75 bits per heavy atom. The third-order valence-electron chi connectivity index (χ3n) is 2.01. The van der Waals surface area contributed by atoms with Gasteiger partial charge in [-0.25, -0.2) is 9.37 Å². The summed E-state index contributed by atoms with van der Waals surface area (Å²) in [5, 5.41) is 19.0. The van der Waals surface area contributed by atoms with E-state index < -0.39 is 30.4 Å². The van der Waals surface area contributed by atoms with Crippen LogP contribution in [-0.2, 0) is 4.79 Å². The molecule has 88 valence electrons. The number of primary amides is 1. The first-order valence-corrected chi connectivity index (χ1v) is 4.47. The molecule has 1 aromatic rings. The predicted molar refractivity (Wildman–Crippen MR) is 53.4 cm³/mol. The minimum absolute atomic E-state index is 0.0752. The molecule has 1 aromatic heterocycles. The van der Waals surface area contributed by atoms with E-state index in [4.69, 9.17) is 11.5 Å². The quantitative estimate of drug-likeness (QED) is 0.531. The highest BCUT2D eigenvalue weighted by atomic mass is 19.1. The average Bonchev–Trinajstić information content (AvgIpc) is 2.19. The van der Waals surface area contributed by atoms with Crippen LogP contribution in [0.3, 0.4) is 0 Å². The number of nitrogens with two attached hydrogens (primary N) is 2. The van der Waals surface area contributed by atoms with Crippen molar-refractivity contribution >= 4 is 11.7 Å². The van der Waals surface area contributed by atoms with Crippen LogP contribution in [0.15, 0.2) is 12.3 Å². The van der Waals surface area contributed by atoms with E-state index in [1.807, 2.05) is 0 Å². The molecule has 2 unspecified atom stereocenters. The lowest BCUT2D eigenvalue weighted by Gasteiger charge is -2.17. The molecular formula is C9H12FN3O3. The molecule has 1 heterocycles. The Morgan fingerprint density at radius 2 is 2.19 bits per heavy atom. The lowest BCUT2D eigenvalue weighted by atomic mass is 10.0. The lowest BCUT2D eigenvalue weighted by molar-refractivity contribution is -0.121. The zero-order valence-corrected chi connectivity index (χ0v) is 8.30. The molecule has 6 N–H and O–H groups in total. The molecule has 0 aliphatic rings. The van der Waals surface area contributed by atoms with Gasteiger partial charge in [-0.05, 0) is 6.07 Å². The normalized spacial score (nSPS) is 14.4. The van der Waals surface area contributed by atoms with Gasteiger partial charge in [0.15, 0.2) is 0 Å². The molecular weight excluding hydrogens is 217 g/mol. The Balaban J connectivity index is 2.90. The zero-order chi connectivity index (χ0) is 12.3. The van der Waals surface area contributed by atoms with Crippen LogP contribution in [0.2, 0.25) is 0 Å². The lowest BCUT2D eigenvalue weighted by Crippen LogP contribution is -2.26. The van der Waals surface area contributed by atoms with Crippen molar-refractivity contribution in [2.45, 2.75) is 18.6 Å². The van der Waals surface area contributed by atoms with E-state index in [2.05, 4.69) is 4.98 Å². The molecule has 2 atom stereocenters. The Bertz CT molecular complexity index is 400. The molecule has 7 heteroatoms. The summed E-state index contributed by atoms with van der Waals surface area (Å²) in [6.07, 6.45) is -2.51. The number of pyridine rings is 1. The van der Waals surface area contributed by atoms with E-state index in [-0.39, 0.29) is 11.4 Å². The second kappa shape index (κ2) is 4.86. The fourth-order valence-electron chi connectivity index (χ4n) is 1.23. The number of nitrogen functional groups attached to an aromatic ring is 1. The maximum atomic E-state index is 12.8. The summed E-state index contributed by atoms with van der Waals surface area (Å²) >= 11 is 0. The smallest absolute Gasteiger partial charge is 0.220 e. The van der Waals surface area contributed by atoms with Gasteiger partial charge in [0.05, 0.1) is 18.7 Å². The molecule has 0 saturated heterocycles. The molecule has 6 nitrogen and oxygen atoms in total. The maximum absolute atomic E-state index is 12.8. The van der Waals surface area contributed by atoms with Crippen LogP contribution in [0.25, 0.3) is 0 Å². The van der Waals surface area contributed by atoms with Gasteiger partial charge in [-0.15, -0.1) is 0 Å². The summed E-state index contributed by atoms with van der Waals surface area (Å²) in [6, 6.07) is 0.942. The van der Waals surface area contributed by atoms with Gasteiger partial charge in [0.1, 0.15) is 17.7 Å². The highest BCUT2D eigenvalue weighted by Gasteiger charge is 2.23. The number of aromatic nitrogens is 1. The fourth-order valence-corrected chi connectivity index (χ4v) is 1.23. The van der Waals surface area contributed by atoms with Gasteiger partial charge in [0.2, 0.25) is 5.91 Å². The molecule has 16 heavy (non-hydrogen) atoms. The average molecular weight is 229 g/mol. The molecule has 0 saturated carbocycles. The number of aliphatic hydroxyl groups excluding tert-OH is 2. The number of halogens is 1. The second-order valence-electron chi connectivity index (χ2n) is 3.31. The Labute approximate surface area is 90.7 Å². The van der Waals surface area contributed by atoms with E-state index in [1.165, 1.54) is 0 Å². The Kier molecular flexibility index (Phi) is 3.75. The van der Waals surface area contributed by atoms with Gasteiger partial charge in [-0.1, -0.05) is 0 Å². The van der Waals surface area contributed by atoms with Gasteiger partial charge in [-0.2, -0.15) is 0 Å². The summed E-state index contributed by atoms with van der Waals surface area (Å²) < 4.78 is 12.8. The fraction of sp³-hybridized carbons (Fsp3) is 0.333. The molecule has 0 aromatic carbocycles. The topological polar surface area (TPSA) is 122 Å². The number of carbonyl (C=O) groups excluding carboxylic acids is 1. The zero-order valence-electron chi connectivity index (χ0n) is 8.30. The van der Waals surface area contributed by atoms with Crippen molar-refractivity contribution < 1.29 is 19.4 Å². The number of carbonyl (C=O) groups is 1. The third-order valence-corrected chi connectivity index (χ3v) is 2.01. The Morgan fingerprint density at radius 1 is 1.56 bits per heavy atom. The first kappa shape index (κ1) is 12.3. The van der Waals surface area contributed by atoms with Crippen molar-refractivity contribution in [3.05, 3.63) is 23.6 Å². The van der Waals surface area contributed by atoms with E-state index in [9.17, 15) is 19.4 Å². The maximum Gasteiger partial charge on any atom is 0.220 e. The number of rotatable bonds is 4. The van der Waals surface area contributed by atoms with Crippen LogP contribution < -0.4 is 11.5 Å². The summed E-state index contributed by atoms with van der Waals surface area (Å²) in [6.45, 7) is 0. The first-order valence-electron chi connectivity index (χ1n) is 4.47. The minimum Gasteiger partial charge on any atom is -0.390 e. The van der Waals surface area contributed by atoms with E-state index >= 15 is 0 Å². The molecule has 0 aliphatic heterocycles. The van der Waals surface area contributed by atoms with Crippen LogP contribution >= 0.6 is 0 Å². The van der Waals surface area contributed by atoms with E-state index in [0.29, 0.717) is 0 Å². The summed E-state index contributed by atoms with van der Waals surface area (Å²) in [5.74, 6) is -1.60. The standard InChI is InChI=1S/C9H12FN3O3/c10-4-1-5(9(12)13-3-4)8(16)6(14)2-7(11)15/h1,3,6,8,14,16H,2H2,(H2,11,15)(H2,12,13). The number of anilines is 1. The first-order chi connectivity index (χ1) is 7.41. The van der Waals surface area contributed by atoms with Gasteiger partial charge in [-0.3, -0.25) is 4.79 Å². The van der Waals surface area contributed by atoms with Crippen molar-refractivity contribution in [3.63, 3.8) is 0 Å². The number of hydrogen-bond acceptors (Lipinski definition) is 5. The molecule has 0 fully saturated rings. The van der Waals surface area contributed by atoms with Gasteiger partial charge < -0.3 is 21.7 Å². The van der Waals surface area contributed by atoms with Crippen molar-refractivity contribution in [1.82, 2.24) is 4.98 Å². The number of aliphatic hydroxyl groups is 2. The molecule has 1 rings (SSSR count). The van der Waals surface area contributed by atoms with E-state index in [0.717, 1.165) is 12.3 Å². The Hall–Kier alpha value is -1.73. The van der Waals surface area contributed by atoms with Gasteiger partial charge in [0.25, 0.3) is 0 Å². The number of amides is 1. The summed E-state index contributed by atoms with van der Waals surface area (Å²) in [7, 11) is 0. The molecule has 0 bridgehead atoms. The minimum atomic E-state index is -1.50. The molecule has 1 amide bonds. The van der Waals surface area contributed by atoms with Crippen molar-refractivity contribution in [2.24, 2.45) is 5.73 Å². The van der Waals surface area contributed by atoms with Crippen molar-refractivity contribution in [3.8, 4) is 0 Å². The molecule has 0 aliphatic carbocycles. The highest BCUT2D eigenvalue weighted by Crippen LogP contribution is 2.23. The second-order valence-corrected chi connectivity index (χ2v) is 3.31. The third kappa shape index (κ3) is 2.88. The van der Waals surface area contributed by atoms with Crippen LogP contribution in [0.4, 0.5) is 10.2 Å². The van der Waals surface area contributed by atoms with Crippen LogP contribution in [0.5, 0.6) is 0 Å². The van der Waals surface area contributed by atoms with Gasteiger partial charge >= 0.3 is 0 Å². The van der Waals surface area contributed by atoms with Crippen LogP contribution in [0.1, 0.15) is 18.1 Å². The number of hydrogen-bond donors (Lipinski definition) is 4. The van der Waals surface area contributed by atoms with Crippen molar-refractivity contribution in [2.75, 3.05) is 5.73 Å². The monoisotopic (exact) mass is 229 g/mol. The number of nitrogens with zero attached hydrogens (tertiary/aromatic N) is 1. The highest BCUT2D eigenvalue weighted by molar-refractivity contribution is 5.74. The van der Waals surface area contributed by atoms with Crippen molar-refractivity contribution in [1.29, 1.82) is 0 Å². The summed E-state index contributed by atoms with van der Waals surface area (Å²) in [4.78, 5) is 14.0. The largest absolute Gasteiger partial charge is 0.390 e. The van der Waals surface area contributed by atoms with Gasteiger partial charge in [0, 0.05) is 5.56 Å². The molecule has 0 spiro atoms. The summed E-state index contributed by atoms with van der Waals surface area (Å²) in [5.41, 5.74) is 10.2. The molecule has 0 radical (unpaired) electrons. The van der Waals surface area contributed by atoms with Crippen LogP contribution in [0, 0.1) is 5.82 Å². The van der Waals surface area contributed by atoms with E-state index in [1.54, 1.807) is 0 Å². The van der Waals surface area contributed by atoms with Crippen LogP contribution in [-0.4, -0.2) is 27.2 Å². The SMILES string of the molecule is NC(=O)CC(O)C(O)c1cc(F)cnc1N.